The third kappa shape index (κ3) is 2.15. The molecule has 1 fully saturated rings. The molecule has 4 rings (SSSR count). The quantitative estimate of drug-likeness (QED) is 0.804. The SMILES string of the molecule is COC(=O)N(C1c2ccccc2-c2ccccc21)C1(C(=O)OC)CC1. The number of ether oxygens (including phenoxy) is 2. The molecule has 0 spiro atoms. The van der Waals surface area contributed by atoms with Crippen LogP contribution in [0.5, 0.6) is 0 Å². The molecule has 5 nitrogen and oxygen atoms in total. The number of benzene rings is 2. The van der Waals surface area contributed by atoms with Gasteiger partial charge in [-0.15, -0.1) is 0 Å². The predicted molar refractivity (Wildman–Crippen MR) is 91.9 cm³/mol. The van der Waals surface area contributed by atoms with Gasteiger partial charge in [-0.3, -0.25) is 4.90 Å². The van der Waals surface area contributed by atoms with Crippen LogP contribution in [0.25, 0.3) is 11.1 Å². The number of methoxy groups -OCH3 is 2. The number of esters is 1. The van der Waals surface area contributed by atoms with Crippen LogP contribution < -0.4 is 0 Å². The Morgan fingerprint density at radius 1 is 0.920 bits per heavy atom. The summed E-state index contributed by atoms with van der Waals surface area (Å²) < 4.78 is 10.1. The Bertz CT molecular complexity index is 811. The summed E-state index contributed by atoms with van der Waals surface area (Å²) in [5, 5.41) is 0. The van der Waals surface area contributed by atoms with Gasteiger partial charge in [0.15, 0.2) is 0 Å². The molecule has 0 bridgehead atoms. The highest BCUT2D eigenvalue weighted by atomic mass is 16.5. The van der Waals surface area contributed by atoms with E-state index in [-0.39, 0.29) is 12.0 Å². The Labute approximate surface area is 146 Å². The maximum absolute atomic E-state index is 12.7. The fourth-order valence-corrected chi connectivity index (χ4v) is 3.88. The predicted octanol–water partition coefficient (Wildman–Crippen LogP) is 3.53. The molecule has 0 atom stereocenters. The molecule has 0 N–H and O–H groups in total. The third-order valence-corrected chi connectivity index (χ3v) is 5.18. The second kappa shape index (κ2) is 5.62. The van der Waals surface area contributed by atoms with Gasteiger partial charge in [0, 0.05) is 0 Å². The maximum atomic E-state index is 12.7. The zero-order valence-electron chi connectivity index (χ0n) is 14.2. The van der Waals surface area contributed by atoms with Crippen LogP contribution in [-0.2, 0) is 14.3 Å². The number of carbonyl (C=O) groups is 2. The van der Waals surface area contributed by atoms with Gasteiger partial charge in [-0.2, -0.15) is 0 Å². The minimum atomic E-state index is -0.947. The maximum Gasteiger partial charge on any atom is 0.411 e. The topological polar surface area (TPSA) is 55.8 Å². The molecule has 2 aromatic rings. The molecule has 0 heterocycles. The summed E-state index contributed by atoms with van der Waals surface area (Å²) in [6, 6.07) is 15.6. The van der Waals surface area contributed by atoms with Crippen molar-refractivity contribution < 1.29 is 19.1 Å². The lowest BCUT2D eigenvalue weighted by molar-refractivity contribution is -0.148. The van der Waals surface area contributed by atoms with Gasteiger partial charge in [0.25, 0.3) is 0 Å². The molecule has 0 aliphatic heterocycles. The summed E-state index contributed by atoms with van der Waals surface area (Å²) in [4.78, 5) is 26.8. The van der Waals surface area contributed by atoms with Crippen molar-refractivity contribution in [1.29, 1.82) is 0 Å². The van der Waals surface area contributed by atoms with Crippen LogP contribution in [0.3, 0.4) is 0 Å². The Balaban J connectivity index is 1.91. The standard InChI is InChI=1S/C20H19NO4/c1-24-18(22)20(11-12-20)21(19(23)25-2)17-15-9-5-3-7-13(15)14-8-4-6-10-16(14)17/h3-10,17H,11-12H2,1-2H3. The van der Waals surface area contributed by atoms with Gasteiger partial charge in [-0.05, 0) is 35.1 Å². The van der Waals surface area contributed by atoms with E-state index in [4.69, 9.17) is 9.47 Å². The van der Waals surface area contributed by atoms with Crippen molar-refractivity contribution in [1.82, 2.24) is 4.90 Å². The first-order chi connectivity index (χ1) is 12.1. The van der Waals surface area contributed by atoms with Gasteiger partial charge >= 0.3 is 12.1 Å². The van der Waals surface area contributed by atoms with Crippen LogP contribution in [-0.4, -0.2) is 36.7 Å². The van der Waals surface area contributed by atoms with Gasteiger partial charge in [0.1, 0.15) is 5.54 Å². The molecule has 0 unspecified atom stereocenters. The van der Waals surface area contributed by atoms with E-state index in [2.05, 4.69) is 0 Å². The highest BCUT2D eigenvalue weighted by Gasteiger charge is 2.61. The van der Waals surface area contributed by atoms with E-state index in [0.717, 1.165) is 22.3 Å². The minimum Gasteiger partial charge on any atom is -0.467 e. The van der Waals surface area contributed by atoms with Crippen LogP contribution in [0.4, 0.5) is 4.79 Å². The molecular formula is C20H19NO4. The first-order valence-corrected chi connectivity index (χ1v) is 8.28. The molecule has 2 aliphatic rings. The number of fused-ring (bicyclic) bond motifs is 3. The largest absolute Gasteiger partial charge is 0.467 e. The monoisotopic (exact) mass is 337 g/mol. The molecule has 5 heteroatoms. The molecule has 0 radical (unpaired) electrons. The van der Waals surface area contributed by atoms with E-state index in [0.29, 0.717) is 12.8 Å². The molecule has 0 aromatic heterocycles. The zero-order chi connectivity index (χ0) is 17.6. The van der Waals surface area contributed by atoms with Crippen molar-refractivity contribution in [3.05, 3.63) is 59.7 Å². The molecular weight excluding hydrogens is 318 g/mol. The van der Waals surface area contributed by atoms with Gasteiger partial charge < -0.3 is 9.47 Å². The third-order valence-electron chi connectivity index (χ3n) is 5.18. The molecule has 2 aliphatic carbocycles. The van der Waals surface area contributed by atoms with E-state index in [1.54, 1.807) is 4.90 Å². The molecule has 1 saturated carbocycles. The van der Waals surface area contributed by atoms with Crippen LogP contribution in [0.15, 0.2) is 48.5 Å². The highest BCUT2D eigenvalue weighted by Crippen LogP contribution is 2.54. The van der Waals surface area contributed by atoms with Gasteiger partial charge in [0.2, 0.25) is 0 Å². The first kappa shape index (κ1) is 15.7. The second-order valence-electron chi connectivity index (χ2n) is 6.44. The minimum absolute atomic E-state index is 0.360. The Morgan fingerprint density at radius 3 is 1.88 bits per heavy atom. The fraction of sp³-hybridized carbons (Fsp3) is 0.300. The van der Waals surface area contributed by atoms with Crippen molar-refractivity contribution >= 4 is 12.1 Å². The van der Waals surface area contributed by atoms with Crippen LogP contribution in [0, 0.1) is 0 Å². The van der Waals surface area contributed by atoms with E-state index in [1.165, 1.54) is 14.2 Å². The van der Waals surface area contributed by atoms with E-state index >= 15 is 0 Å². The van der Waals surface area contributed by atoms with Gasteiger partial charge in [-0.1, -0.05) is 48.5 Å². The molecule has 25 heavy (non-hydrogen) atoms. The molecule has 128 valence electrons. The Hall–Kier alpha value is -2.82. The van der Waals surface area contributed by atoms with Crippen LogP contribution >= 0.6 is 0 Å². The van der Waals surface area contributed by atoms with Crippen LogP contribution in [0.1, 0.15) is 30.0 Å². The normalized spacial score (nSPS) is 16.6. The number of hydrogen-bond donors (Lipinski definition) is 0. The second-order valence-corrected chi connectivity index (χ2v) is 6.44. The Morgan fingerprint density at radius 2 is 1.44 bits per heavy atom. The summed E-state index contributed by atoms with van der Waals surface area (Å²) >= 11 is 0. The van der Waals surface area contributed by atoms with E-state index in [1.807, 2.05) is 48.5 Å². The average molecular weight is 337 g/mol. The lowest BCUT2D eigenvalue weighted by Crippen LogP contribution is -2.49. The number of rotatable bonds is 3. The van der Waals surface area contributed by atoms with Crippen molar-refractivity contribution in [3.63, 3.8) is 0 Å². The summed E-state index contributed by atoms with van der Waals surface area (Å²) in [5.74, 6) is -0.389. The number of carbonyl (C=O) groups excluding carboxylic acids is 2. The van der Waals surface area contributed by atoms with Gasteiger partial charge in [-0.25, -0.2) is 9.59 Å². The first-order valence-electron chi connectivity index (χ1n) is 8.28. The van der Waals surface area contributed by atoms with Crippen molar-refractivity contribution in [2.75, 3.05) is 14.2 Å². The van der Waals surface area contributed by atoms with E-state index < -0.39 is 11.6 Å². The van der Waals surface area contributed by atoms with Crippen molar-refractivity contribution in [3.8, 4) is 11.1 Å². The van der Waals surface area contributed by atoms with Gasteiger partial charge in [0.05, 0.1) is 20.3 Å². The summed E-state index contributed by atoms with van der Waals surface area (Å²) in [6.45, 7) is 0. The number of nitrogens with zero attached hydrogens (tertiary/aromatic N) is 1. The summed E-state index contributed by atoms with van der Waals surface area (Å²) in [5.41, 5.74) is 3.22. The highest BCUT2D eigenvalue weighted by molar-refractivity contribution is 5.90. The average Bonchev–Trinajstić information content (AvgIpc) is 3.40. The molecule has 2 aromatic carbocycles. The summed E-state index contributed by atoms with van der Waals surface area (Å²) in [6.07, 6.45) is 0.644. The lowest BCUT2D eigenvalue weighted by atomic mass is 10.0. The summed E-state index contributed by atoms with van der Waals surface area (Å²) in [7, 11) is 2.70. The Kier molecular flexibility index (Phi) is 3.53. The molecule has 0 saturated heterocycles. The smallest absolute Gasteiger partial charge is 0.411 e. The number of hydrogen-bond acceptors (Lipinski definition) is 4. The van der Waals surface area contributed by atoms with Crippen LogP contribution in [0.2, 0.25) is 0 Å². The number of amides is 1. The molecule has 1 amide bonds. The fourth-order valence-electron chi connectivity index (χ4n) is 3.88. The van der Waals surface area contributed by atoms with E-state index in [9.17, 15) is 9.59 Å². The lowest BCUT2D eigenvalue weighted by Gasteiger charge is -2.35. The van der Waals surface area contributed by atoms with Crippen molar-refractivity contribution in [2.45, 2.75) is 24.4 Å². The zero-order valence-corrected chi connectivity index (χ0v) is 14.2. The van der Waals surface area contributed by atoms with Crippen molar-refractivity contribution in [2.24, 2.45) is 0 Å².